The Bertz CT molecular complexity index is 882. The number of allylic oxidation sites excluding steroid dienone is 1. The van der Waals surface area contributed by atoms with Gasteiger partial charge in [-0.25, -0.2) is 9.79 Å². The van der Waals surface area contributed by atoms with E-state index in [0.29, 0.717) is 11.3 Å². The van der Waals surface area contributed by atoms with Gasteiger partial charge in [0.15, 0.2) is 5.17 Å². The maximum absolute atomic E-state index is 13.0. The van der Waals surface area contributed by atoms with Crippen LogP contribution in [0.25, 0.3) is 0 Å². The lowest BCUT2D eigenvalue weighted by molar-refractivity contribution is -0.143. The number of aliphatic imine (C=N–C) groups is 1. The second-order valence-corrected chi connectivity index (χ2v) is 10.0. The molecule has 0 aromatic heterocycles. The van der Waals surface area contributed by atoms with Crippen LogP contribution in [-0.2, 0) is 14.3 Å². The molecule has 3 rings (SSSR count). The number of hydrogen-bond acceptors (Lipinski definition) is 6. The molecule has 1 fully saturated rings. The highest BCUT2D eigenvalue weighted by atomic mass is 32.2. The molecule has 2 heterocycles. The first-order valence-electron chi connectivity index (χ1n) is 10.4. The molecule has 1 amide bonds. The van der Waals surface area contributed by atoms with Gasteiger partial charge < -0.3 is 15.0 Å². The molecule has 0 spiro atoms. The van der Waals surface area contributed by atoms with Gasteiger partial charge in [0.05, 0.1) is 23.4 Å². The summed E-state index contributed by atoms with van der Waals surface area (Å²) < 4.78 is 5.55. The zero-order valence-electron chi connectivity index (χ0n) is 18.6. The topological polar surface area (TPSA) is 71.0 Å². The largest absolute Gasteiger partial charge is 0.459 e. The summed E-state index contributed by atoms with van der Waals surface area (Å²) in [4.78, 5) is 32.1. The number of amidine groups is 1. The minimum Gasteiger partial charge on any atom is -0.459 e. The summed E-state index contributed by atoms with van der Waals surface area (Å²) in [5, 5.41) is 3.91. The first-order valence-corrected chi connectivity index (χ1v) is 11.4. The molecule has 0 bridgehead atoms. The van der Waals surface area contributed by atoms with Crippen molar-refractivity contribution < 1.29 is 14.3 Å². The summed E-state index contributed by atoms with van der Waals surface area (Å²) in [6, 6.07) is 7.48. The van der Waals surface area contributed by atoms with Gasteiger partial charge in [-0.05, 0) is 44.9 Å². The standard InChI is InChI=1S/C23H31N3O3S/c1-14(2)29-20(27)18-15(3)24-22-26(12-7-13-30-22)19(18)16-8-10-17(11-9-16)25-21(28)23(4,5)6/h8-11,14,19H,7,12-13H2,1-6H3,(H,25,28)/t19-/m1/s1. The number of nitrogens with zero attached hydrogens (tertiary/aromatic N) is 2. The molecule has 2 aliphatic rings. The fourth-order valence-electron chi connectivity index (χ4n) is 3.42. The highest BCUT2D eigenvalue weighted by Gasteiger charge is 2.38. The van der Waals surface area contributed by atoms with Gasteiger partial charge in [-0.2, -0.15) is 0 Å². The summed E-state index contributed by atoms with van der Waals surface area (Å²) in [6.45, 7) is 12.1. The molecule has 7 heteroatoms. The minimum atomic E-state index is -0.466. The number of ether oxygens (including phenoxy) is 1. The van der Waals surface area contributed by atoms with E-state index < -0.39 is 5.41 Å². The van der Waals surface area contributed by atoms with Gasteiger partial charge >= 0.3 is 5.97 Å². The fourth-order valence-corrected chi connectivity index (χ4v) is 4.44. The zero-order valence-corrected chi connectivity index (χ0v) is 19.4. The highest BCUT2D eigenvalue weighted by molar-refractivity contribution is 8.13. The summed E-state index contributed by atoms with van der Waals surface area (Å²) in [5.41, 5.74) is 2.54. The highest BCUT2D eigenvalue weighted by Crippen LogP contribution is 2.40. The van der Waals surface area contributed by atoms with Crippen molar-refractivity contribution in [1.82, 2.24) is 4.90 Å². The molecule has 30 heavy (non-hydrogen) atoms. The number of esters is 1. The quantitative estimate of drug-likeness (QED) is 0.700. The van der Waals surface area contributed by atoms with Gasteiger partial charge in [-0.15, -0.1) is 0 Å². The van der Waals surface area contributed by atoms with Crippen LogP contribution >= 0.6 is 11.8 Å². The number of thioether (sulfide) groups is 1. The Hall–Kier alpha value is -2.28. The molecule has 162 valence electrons. The molecule has 1 aromatic rings. The van der Waals surface area contributed by atoms with E-state index in [1.54, 1.807) is 11.8 Å². The number of fused-ring (bicyclic) bond motifs is 1. The van der Waals surface area contributed by atoms with Crippen LogP contribution in [0.3, 0.4) is 0 Å². The Morgan fingerprint density at radius 2 is 1.90 bits per heavy atom. The SMILES string of the molecule is CC1=C(C(=O)OC(C)C)[C@@H](c2ccc(NC(=O)C(C)(C)C)cc2)N2CCCSC2=N1. The van der Waals surface area contributed by atoms with Crippen molar-refractivity contribution in [3.05, 3.63) is 41.1 Å². The van der Waals surface area contributed by atoms with Crippen LogP contribution in [0.2, 0.25) is 0 Å². The Labute approximate surface area is 183 Å². The molecule has 1 N–H and O–H groups in total. The fraction of sp³-hybridized carbons (Fsp3) is 0.522. The normalized spacial score (nSPS) is 19.4. The number of carbonyl (C=O) groups is 2. The number of benzene rings is 1. The third-order valence-corrected chi connectivity index (χ3v) is 6.06. The Morgan fingerprint density at radius 3 is 2.50 bits per heavy atom. The van der Waals surface area contributed by atoms with Crippen LogP contribution in [0.4, 0.5) is 5.69 Å². The predicted molar refractivity (Wildman–Crippen MR) is 122 cm³/mol. The number of rotatable bonds is 4. The lowest BCUT2D eigenvalue weighted by Crippen LogP contribution is -2.42. The van der Waals surface area contributed by atoms with Crippen molar-refractivity contribution >= 4 is 34.5 Å². The van der Waals surface area contributed by atoms with E-state index in [1.807, 2.05) is 65.8 Å². The molecule has 2 aliphatic heterocycles. The molecule has 0 saturated carbocycles. The van der Waals surface area contributed by atoms with Gasteiger partial charge in [-0.3, -0.25) is 4.79 Å². The summed E-state index contributed by atoms with van der Waals surface area (Å²) >= 11 is 1.72. The molecule has 1 atom stereocenters. The number of nitrogens with one attached hydrogen (secondary N) is 1. The van der Waals surface area contributed by atoms with E-state index in [0.717, 1.165) is 35.1 Å². The van der Waals surface area contributed by atoms with Gasteiger partial charge in [-0.1, -0.05) is 44.7 Å². The van der Waals surface area contributed by atoms with Crippen molar-refractivity contribution in [2.45, 2.75) is 60.1 Å². The Kier molecular flexibility index (Phi) is 6.60. The van der Waals surface area contributed by atoms with Gasteiger partial charge in [0.2, 0.25) is 5.91 Å². The monoisotopic (exact) mass is 429 g/mol. The minimum absolute atomic E-state index is 0.0355. The first kappa shape index (κ1) is 22.4. The van der Waals surface area contributed by atoms with Crippen LogP contribution in [0, 0.1) is 5.41 Å². The smallest absolute Gasteiger partial charge is 0.338 e. The van der Waals surface area contributed by atoms with E-state index in [1.165, 1.54) is 0 Å². The van der Waals surface area contributed by atoms with Crippen LogP contribution in [0.15, 0.2) is 40.5 Å². The average molecular weight is 430 g/mol. The summed E-state index contributed by atoms with van der Waals surface area (Å²) in [6.07, 6.45) is 0.834. The number of hydrogen-bond donors (Lipinski definition) is 1. The molecular weight excluding hydrogens is 398 g/mol. The molecule has 0 radical (unpaired) electrons. The molecule has 1 saturated heterocycles. The van der Waals surface area contributed by atoms with Crippen molar-refractivity contribution in [3.8, 4) is 0 Å². The van der Waals surface area contributed by atoms with E-state index in [-0.39, 0.29) is 24.0 Å². The van der Waals surface area contributed by atoms with E-state index in [9.17, 15) is 9.59 Å². The van der Waals surface area contributed by atoms with Crippen LogP contribution in [-0.4, -0.2) is 40.3 Å². The summed E-state index contributed by atoms with van der Waals surface area (Å²) in [7, 11) is 0. The van der Waals surface area contributed by atoms with Crippen LogP contribution in [0.5, 0.6) is 0 Å². The van der Waals surface area contributed by atoms with Gasteiger partial charge in [0, 0.05) is 23.4 Å². The number of anilines is 1. The Morgan fingerprint density at radius 1 is 1.23 bits per heavy atom. The van der Waals surface area contributed by atoms with Crippen molar-refractivity contribution in [2.75, 3.05) is 17.6 Å². The average Bonchev–Trinajstić information content (AvgIpc) is 2.66. The third-order valence-electron chi connectivity index (χ3n) is 4.99. The van der Waals surface area contributed by atoms with Crippen LogP contribution in [0.1, 0.15) is 59.6 Å². The zero-order chi connectivity index (χ0) is 22.1. The first-order chi connectivity index (χ1) is 14.1. The van der Waals surface area contributed by atoms with Gasteiger partial charge in [0.25, 0.3) is 0 Å². The molecule has 1 aromatic carbocycles. The molecule has 6 nitrogen and oxygen atoms in total. The van der Waals surface area contributed by atoms with Crippen molar-refractivity contribution in [3.63, 3.8) is 0 Å². The van der Waals surface area contributed by atoms with E-state index >= 15 is 0 Å². The number of carbonyl (C=O) groups excluding carboxylic acids is 2. The lowest BCUT2D eigenvalue weighted by atomic mass is 9.93. The van der Waals surface area contributed by atoms with E-state index in [4.69, 9.17) is 9.73 Å². The molecule has 0 unspecified atom stereocenters. The maximum Gasteiger partial charge on any atom is 0.338 e. The number of amides is 1. The van der Waals surface area contributed by atoms with Crippen LogP contribution < -0.4 is 5.32 Å². The second-order valence-electron chi connectivity index (χ2n) is 8.97. The predicted octanol–water partition coefficient (Wildman–Crippen LogP) is 4.75. The van der Waals surface area contributed by atoms with Crippen molar-refractivity contribution in [1.29, 1.82) is 0 Å². The maximum atomic E-state index is 13.0. The summed E-state index contributed by atoms with van der Waals surface area (Å²) in [5.74, 6) is 0.668. The van der Waals surface area contributed by atoms with E-state index in [2.05, 4.69) is 10.2 Å². The molecular formula is C23H31N3O3S. The Balaban J connectivity index is 1.95. The molecule has 0 aliphatic carbocycles. The van der Waals surface area contributed by atoms with Crippen molar-refractivity contribution in [2.24, 2.45) is 10.4 Å². The second kappa shape index (κ2) is 8.84. The third kappa shape index (κ3) is 4.89. The van der Waals surface area contributed by atoms with Gasteiger partial charge in [0.1, 0.15) is 0 Å². The lowest BCUT2D eigenvalue weighted by Gasteiger charge is -2.40.